The molecule has 0 spiro atoms. The number of hydrogen-bond acceptors (Lipinski definition) is 6. The minimum absolute atomic E-state index is 0.196. The summed E-state index contributed by atoms with van der Waals surface area (Å²) in [5.74, 6) is 0.926. The van der Waals surface area contributed by atoms with Crippen LogP contribution < -0.4 is 5.32 Å². The van der Waals surface area contributed by atoms with Gasteiger partial charge in [0.15, 0.2) is 0 Å². The van der Waals surface area contributed by atoms with Crippen molar-refractivity contribution in [3.05, 3.63) is 42.1 Å². The molecule has 0 radical (unpaired) electrons. The zero-order chi connectivity index (χ0) is 24.7. The molecule has 0 aliphatic heterocycles. The lowest BCUT2D eigenvalue weighted by Crippen LogP contribution is -2.35. The molecule has 0 amide bonds. The van der Waals surface area contributed by atoms with Crippen molar-refractivity contribution in [2.45, 2.75) is 57.4 Å². The number of hydrogen-bond donors (Lipinski definition) is 2. The maximum absolute atomic E-state index is 11.4. The van der Waals surface area contributed by atoms with Crippen molar-refractivity contribution >= 4 is 31.9 Å². The van der Waals surface area contributed by atoms with Gasteiger partial charge >= 0.3 is 0 Å². The molecule has 35 heavy (non-hydrogen) atoms. The smallest absolute Gasteiger partial charge is 0.148 e. The lowest BCUT2D eigenvalue weighted by atomic mass is 9.83. The highest BCUT2D eigenvalue weighted by Gasteiger charge is 2.25. The van der Waals surface area contributed by atoms with Crippen LogP contribution in [0.4, 0.5) is 0 Å². The Balaban J connectivity index is 1.41. The number of H-pyrrole nitrogens is 1. The first-order chi connectivity index (χ1) is 16.7. The van der Waals surface area contributed by atoms with Crippen LogP contribution >= 0.6 is 0 Å². The summed E-state index contributed by atoms with van der Waals surface area (Å²) in [4.78, 5) is 17.6. The number of nitrogens with one attached hydrogen (secondary N) is 2. The van der Waals surface area contributed by atoms with Gasteiger partial charge in [0.1, 0.15) is 21.8 Å². The third-order valence-electron chi connectivity index (χ3n) is 7.24. The van der Waals surface area contributed by atoms with Crippen LogP contribution in [0.25, 0.3) is 33.3 Å². The van der Waals surface area contributed by atoms with E-state index >= 15 is 0 Å². The second kappa shape index (κ2) is 9.35. The summed E-state index contributed by atoms with van der Waals surface area (Å²) in [5, 5.41) is 4.46. The van der Waals surface area contributed by atoms with Crippen molar-refractivity contribution in [1.29, 1.82) is 0 Å². The minimum Gasteiger partial charge on any atom is -0.353 e. The average molecular weight is 495 g/mol. The van der Waals surface area contributed by atoms with E-state index < -0.39 is 9.84 Å². The number of fused-ring (bicyclic) bond motifs is 2. The molecule has 1 aliphatic rings. The predicted octanol–water partition coefficient (Wildman–Crippen LogP) is 4.30. The molecule has 1 saturated carbocycles. The van der Waals surface area contributed by atoms with Crippen LogP contribution in [0.3, 0.4) is 0 Å². The summed E-state index contributed by atoms with van der Waals surface area (Å²) in [7, 11) is -0.910. The summed E-state index contributed by atoms with van der Waals surface area (Å²) in [6.45, 7) is 4.96. The monoisotopic (exact) mass is 494 g/mol. The third kappa shape index (κ3) is 4.84. The van der Waals surface area contributed by atoms with Gasteiger partial charge in [-0.05, 0) is 43.7 Å². The molecule has 5 rings (SSSR count). The van der Waals surface area contributed by atoms with Crippen LogP contribution in [0.2, 0.25) is 0 Å². The zero-order valence-corrected chi connectivity index (χ0v) is 21.7. The van der Waals surface area contributed by atoms with Gasteiger partial charge in [-0.3, -0.25) is 4.98 Å². The fourth-order valence-corrected chi connectivity index (χ4v) is 5.95. The Labute approximate surface area is 206 Å². The summed E-state index contributed by atoms with van der Waals surface area (Å²) in [5.41, 5.74) is 7.60. The first-order valence-corrected chi connectivity index (χ1v) is 14.5. The highest BCUT2D eigenvalue weighted by Crippen LogP contribution is 2.39. The lowest BCUT2D eigenvalue weighted by molar-refractivity contribution is 0.345. The molecule has 4 heterocycles. The second-order valence-electron chi connectivity index (χ2n) is 10.2. The Hall–Kier alpha value is -2.78. The molecule has 0 saturated heterocycles. The number of rotatable bonds is 7. The van der Waals surface area contributed by atoms with Gasteiger partial charge in [-0.25, -0.2) is 18.4 Å². The van der Waals surface area contributed by atoms with Crippen molar-refractivity contribution in [2.75, 3.05) is 18.6 Å². The van der Waals surface area contributed by atoms with Crippen LogP contribution in [-0.4, -0.2) is 57.5 Å². The van der Waals surface area contributed by atoms with Gasteiger partial charge in [0.25, 0.3) is 0 Å². The van der Waals surface area contributed by atoms with Crippen LogP contribution in [0.5, 0.6) is 0 Å². The highest BCUT2D eigenvalue weighted by molar-refractivity contribution is 7.90. The number of nitrogens with zero attached hydrogens (tertiary/aromatic N) is 4. The fourth-order valence-electron chi connectivity index (χ4n) is 5.46. The van der Waals surface area contributed by atoms with E-state index in [1.165, 1.54) is 11.8 Å². The molecule has 1 fully saturated rings. The van der Waals surface area contributed by atoms with E-state index in [9.17, 15) is 8.42 Å². The number of aromatic amines is 1. The standard InChI is InChI=1S/C26H34N6O2S/c1-16(2)23-24(20-14-32(3)26-19(20)13-27-15-29-26)31-22-10-9-21(30-25(22)23)17-5-7-18(8-6-17)28-11-12-35(4,33)34/h9-10,13-18,28,31H,5-8,11-12H2,1-4H3. The third-order valence-corrected chi connectivity index (χ3v) is 8.18. The molecule has 0 aromatic carbocycles. The molecule has 0 unspecified atom stereocenters. The molecule has 8 nitrogen and oxygen atoms in total. The topological polar surface area (TPSA) is 106 Å². The van der Waals surface area contributed by atoms with Gasteiger partial charge in [0.05, 0.1) is 22.5 Å². The van der Waals surface area contributed by atoms with E-state index in [1.54, 1.807) is 6.33 Å². The maximum Gasteiger partial charge on any atom is 0.148 e. The molecule has 9 heteroatoms. The Morgan fingerprint density at radius 3 is 2.69 bits per heavy atom. The molecule has 0 atom stereocenters. The van der Waals surface area contributed by atoms with Gasteiger partial charge in [0.2, 0.25) is 0 Å². The molecule has 186 valence electrons. The van der Waals surface area contributed by atoms with Gasteiger partial charge < -0.3 is 14.9 Å². The summed E-state index contributed by atoms with van der Waals surface area (Å²) in [6, 6.07) is 4.72. The first-order valence-electron chi connectivity index (χ1n) is 12.4. The van der Waals surface area contributed by atoms with E-state index in [4.69, 9.17) is 4.98 Å². The molecule has 4 aromatic rings. The van der Waals surface area contributed by atoms with E-state index in [1.807, 2.05) is 17.8 Å². The molecule has 2 N–H and O–H groups in total. The Morgan fingerprint density at radius 1 is 1.20 bits per heavy atom. The van der Waals surface area contributed by atoms with E-state index in [-0.39, 0.29) is 5.75 Å². The van der Waals surface area contributed by atoms with Crippen LogP contribution in [0.1, 0.15) is 62.6 Å². The van der Waals surface area contributed by atoms with Gasteiger partial charge in [0, 0.05) is 66.4 Å². The molecular weight excluding hydrogens is 460 g/mol. The van der Waals surface area contributed by atoms with E-state index in [2.05, 4.69) is 52.4 Å². The number of aromatic nitrogens is 5. The van der Waals surface area contributed by atoms with Crippen molar-refractivity contribution < 1.29 is 8.42 Å². The quantitative estimate of drug-likeness (QED) is 0.397. The van der Waals surface area contributed by atoms with E-state index in [0.29, 0.717) is 24.4 Å². The Kier molecular flexibility index (Phi) is 6.40. The van der Waals surface area contributed by atoms with Crippen molar-refractivity contribution in [2.24, 2.45) is 7.05 Å². The molecule has 4 aromatic heterocycles. The van der Waals surface area contributed by atoms with Crippen LogP contribution in [0, 0.1) is 0 Å². The summed E-state index contributed by atoms with van der Waals surface area (Å²) in [6.07, 6.45) is 11.1. The SMILES string of the molecule is CC(C)c1c(-c2cn(C)c3ncncc23)[nH]c2ccc(C3CCC(NCCS(C)(=O)=O)CC3)nc12. The predicted molar refractivity (Wildman–Crippen MR) is 140 cm³/mol. The minimum atomic E-state index is -2.92. The zero-order valence-electron chi connectivity index (χ0n) is 20.9. The first kappa shape index (κ1) is 23.9. The van der Waals surface area contributed by atoms with Crippen molar-refractivity contribution in [3.63, 3.8) is 0 Å². The van der Waals surface area contributed by atoms with Crippen LogP contribution in [-0.2, 0) is 16.9 Å². The normalized spacial score (nSPS) is 19.2. The van der Waals surface area contributed by atoms with Crippen LogP contribution in [0.15, 0.2) is 30.9 Å². The summed E-state index contributed by atoms with van der Waals surface area (Å²) >= 11 is 0. The number of pyridine rings is 1. The molecule has 1 aliphatic carbocycles. The largest absolute Gasteiger partial charge is 0.353 e. The van der Waals surface area contributed by atoms with Crippen molar-refractivity contribution in [1.82, 2.24) is 29.8 Å². The van der Waals surface area contributed by atoms with E-state index in [0.717, 1.165) is 64.7 Å². The summed E-state index contributed by atoms with van der Waals surface area (Å²) < 4.78 is 24.8. The number of aryl methyl sites for hydroxylation is 1. The fraction of sp³-hybridized carbons (Fsp3) is 0.500. The van der Waals surface area contributed by atoms with Crippen molar-refractivity contribution in [3.8, 4) is 11.3 Å². The van der Waals surface area contributed by atoms with Gasteiger partial charge in [-0.2, -0.15) is 0 Å². The highest BCUT2D eigenvalue weighted by atomic mass is 32.2. The molecular formula is C26H34N6O2S. The Morgan fingerprint density at radius 2 is 1.97 bits per heavy atom. The second-order valence-corrected chi connectivity index (χ2v) is 12.5. The lowest BCUT2D eigenvalue weighted by Gasteiger charge is -2.29. The van der Waals surface area contributed by atoms with Gasteiger partial charge in [-0.1, -0.05) is 13.8 Å². The average Bonchev–Trinajstić information content (AvgIpc) is 3.36. The Bertz CT molecular complexity index is 1460. The molecule has 0 bridgehead atoms. The number of sulfone groups is 1. The maximum atomic E-state index is 11.4. The van der Waals surface area contributed by atoms with Gasteiger partial charge in [-0.15, -0.1) is 0 Å².